The van der Waals surface area contributed by atoms with Crippen molar-refractivity contribution in [3.8, 4) is 0 Å². The molecule has 3 rings (SSSR count). The van der Waals surface area contributed by atoms with E-state index in [1.807, 2.05) is 6.92 Å². The lowest BCUT2D eigenvalue weighted by atomic mass is 9.55. The fourth-order valence-corrected chi connectivity index (χ4v) is 3.91. The second kappa shape index (κ2) is 4.00. The number of esters is 1. The molecule has 2 fully saturated rings. The molecular weight excluding hydrogens is 257 g/mol. The van der Waals surface area contributed by atoms with Gasteiger partial charge in [0.05, 0.1) is 6.61 Å². The van der Waals surface area contributed by atoms with Crippen molar-refractivity contribution in [1.29, 1.82) is 0 Å². The Morgan fingerprint density at radius 3 is 2.53 bits per heavy atom. The number of ether oxygens (including phenoxy) is 1. The van der Waals surface area contributed by atoms with Crippen LogP contribution in [0, 0.1) is 23.7 Å². The molecule has 0 aliphatic heterocycles. The van der Waals surface area contributed by atoms with Gasteiger partial charge in [-0.2, -0.15) is 0 Å². The van der Waals surface area contributed by atoms with Gasteiger partial charge in [0.1, 0.15) is 0 Å². The minimum atomic E-state index is -3.59. The van der Waals surface area contributed by atoms with Gasteiger partial charge in [-0.3, -0.25) is 0 Å². The Kier molecular flexibility index (Phi) is 2.74. The van der Waals surface area contributed by atoms with Crippen LogP contribution in [0.25, 0.3) is 0 Å². The zero-order valence-electron chi connectivity index (χ0n) is 10.7. The first-order chi connectivity index (χ1) is 8.94. The quantitative estimate of drug-likeness (QED) is 0.447. The van der Waals surface area contributed by atoms with E-state index in [2.05, 4.69) is 0 Å². The van der Waals surface area contributed by atoms with E-state index in [0.717, 1.165) is 6.42 Å². The summed E-state index contributed by atoms with van der Waals surface area (Å²) < 4.78 is 47.5. The first-order valence-corrected chi connectivity index (χ1v) is 6.86. The number of hydrogen-bond acceptors (Lipinski definition) is 2. The van der Waals surface area contributed by atoms with Crippen LogP contribution in [0.3, 0.4) is 0 Å². The summed E-state index contributed by atoms with van der Waals surface area (Å²) >= 11 is 0. The molecule has 5 unspecified atom stereocenters. The molecule has 5 atom stereocenters. The van der Waals surface area contributed by atoms with E-state index in [1.165, 1.54) is 0 Å². The van der Waals surface area contributed by atoms with Crippen molar-refractivity contribution < 1.29 is 22.7 Å². The van der Waals surface area contributed by atoms with Gasteiger partial charge in [0.25, 0.3) is 11.6 Å². The van der Waals surface area contributed by atoms with Gasteiger partial charge in [0.2, 0.25) is 0 Å². The monoisotopic (exact) mass is 274 g/mol. The van der Waals surface area contributed by atoms with Crippen molar-refractivity contribution in [3.63, 3.8) is 0 Å². The third-order valence-corrected chi connectivity index (χ3v) is 4.85. The normalized spacial score (nSPS) is 44.8. The number of halogens is 3. The van der Waals surface area contributed by atoms with Gasteiger partial charge in [-0.05, 0) is 24.7 Å². The molecule has 0 aromatic rings. The van der Waals surface area contributed by atoms with Gasteiger partial charge in [-0.1, -0.05) is 25.5 Å². The third kappa shape index (κ3) is 1.41. The molecule has 2 nitrogen and oxygen atoms in total. The average molecular weight is 274 g/mol. The summed E-state index contributed by atoms with van der Waals surface area (Å²) in [6, 6.07) is 0. The van der Waals surface area contributed by atoms with Gasteiger partial charge in [0, 0.05) is 11.8 Å². The number of rotatable bonds is 4. The number of carbonyl (C=O) groups excluding carboxylic acids is 1. The van der Waals surface area contributed by atoms with Crippen LogP contribution < -0.4 is 0 Å². The van der Waals surface area contributed by atoms with E-state index in [0.29, 0.717) is 12.8 Å². The topological polar surface area (TPSA) is 26.3 Å². The molecule has 0 aromatic heterocycles. The molecule has 106 valence electrons. The van der Waals surface area contributed by atoms with E-state index >= 15 is 0 Å². The van der Waals surface area contributed by atoms with Crippen molar-refractivity contribution in [2.45, 2.75) is 37.8 Å². The summed E-state index contributed by atoms with van der Waals surface area (Å²) in [5.74, 6) is -7.40. The second-order valence-electron chi connectivity index (χ2n) is 5.82. The van der Waals surface area contributed by atoms with Crippen LogP contribution in [0.15, 0.2) is 12.2 Å². The first kappa shape index (κ1) is 13.0. The summed E-state index contributed by atoms with van der Waals surface area (Å²) in [6.07, 6.45) is 5.38. The average Bonchev–Trinajstić information content (AvgIpc) is 2.97. The molecule has 2 saturated carbocycles. The van der Waals surface area contributed by atoms with E-state index < -0.39 is 29.4 Å². The second-order valence-corrected chi connectivity index (χ2v) is 5.82. The Labute approximate surface area is 110 Å². The third-order valence-electron chi connectivity index (χ3n) is 4.85. The lowest BCUT2D eigenvalue weighted by molar-refractivity contribution is -0.296. The molecule has 2 bridgehead atoms. The van der Waals surface area contributed by atoms with Crippen LogP contribution in [-0.2, 0) is 9.53 Å². The Bertz CT molecular complexity index is 434. The maximum Gasteiger partial charge on any atom is 0.350 e. The minimum Gasteiger partial charge on any atom is -0.463 e. The van der Waals surface area contributed by atoms with Crippen LogP contribution >= 0.6 is 0 Å². The highest BCUT2D eigenvalue weighted by Crippen LogP contribution is 2.71. The largest absolute Gasteiger partial charge is 0.463 e. The fraction of sp³-hybridized carbons (Fsp3) is 0.786. The van der Waals surface area contributed by atoms with Gasteiger partial charge in [-0.15, -0.1) is 0 Å². The number of carbonyl (C=O) groups is 1. The molecule has 0 saturated heterocycles. The van der Waals surface area contributed by atoms with Crippen molar-refractivity contribution in [2.75, 3.05) is 6.61 Å². The van der Waals surface area contributed by atoms with Gasteiger partial charge >= 0.3 is 5.97 Å². The number of unbranched alkanes of at least 4 members (excludes halogenated alkanes) is 1. The van der Waals surface area contributed by atoms with Crippen molar-refractivity contribution in [2.24, 2.45) is 23.7 Å². The van der Waals surface area contributed by atoms with Crippen LogP contribution in [0.1, 0.15) is 26.2 Å². The summed E-state index contributed by atoms with van der Waals surface area (Å²) in [6.45, 7) is 1.90. The molecule has 0 aromatic carbocycles. The molecule has 0 amide bonds. The van der Waals surface area contributed by atoms with E-state index in [9.17, 15) is 18.0 Å². The highest BCUT2D eigenvalue weighted by molar-refractivity contribution is 5.84. The van der Waals surface area contributed by atoms with E-state index in [-0.39, 0.29) is 18.4 Å². The predicted octanol–water partition coefficient (Wildman–Crippen LogP) is 3.13. The Morgan fingerprint density at radius 1 is 1.26 bits per heavy atom. The van der Waals surface area contributed by atoms with Crippen molar-refractivity contribution >= 4 is 5.97 Å². The van der Waals surface area contributed by atoms with Gasteiger partial charge in [0.15, 0.2) is 0 Å². The summed E-state index contributed by atoms with van der Waals surface area (Å²) in [5.41, 5.74) is -3.12. The molecule has 0 radical (unpaired) electrons. The molecule has 19 heavy (non-hydrogen) atoms. The number of fused-ring (bicyclic) bond motifs is 5. The standard InChI is InChI=1S/C14H17F3O2/c1-2-3-6-19-12(18)13(15)10-8-4-5-9(7-8)11(10)14(13,16)17/h4-5,8-11H,2-3,6-7H2,1H3. The SMILES string of the molecule is CCCCOC(=O)C1(F)C2C3C=CC(C3)C2C1(F)F. The Hall–Kier alpha value is -1.00. The molecule has 5 heteroatoms. The van der Waals surface area contributed by atoms with Gasteiger partial charge in [-0.25, -0.2) is 18.0 Å². The Morgan fingerprint density at radius 2 is 1.89 bits per heavy atom. The summed E-state index contributed by atoms with van der Waals surface area (Å²) in [7, 11) is 0. The Balaban J connectivity index is 1.79. The maximum atomic E-state index is 14.7. The molecule has 0 spiro atoms. The number of hydrogen-bond donors (Lipinski definition) is 0. The van der Waals surface area contributed by atoms with Crippen LogP contribution in [0.5, 0.6) is 0 Å². The van der Waals surface area contributed by atoms with Crippen LogP contribution in [-0.4, -0.2) is 24.2 Å². The van der Waals surface area contributed by atoms with Crippen LogP contribution in [0.2, 0.25) is 0 Å². The first-order valence-electron chi connectivity index (χ1n) is 6.86. The lowest BCUT2D eigenvalue weighted by Crippen LogP contribution is -2.73. The highest BCUT2D eigenvalue weighted by Gasteiger charge is 2.85. The minimum absolute atomic E-state index is 0.0123. The fourth-order valence-electron chi connectivity index (χ4n) is 3.91. The molecule has 0 heterocycles. The maximum absolute atomic E-state index is 14.7. The number of allylic oxidation sites excluding steroid dienone is 2. The van der Waals surface area contributed by atoms with Crippen molar-refractivity contribution in [3.05, 3.63) is 12.2 Å². The number of alkyl halides is 3. The van der Waals surface area contributed by atoms with Crippen LogP contribution in [0.4, 0.5) is 13.2 Å². The smallest absolute Gasteiger partial charge is 0.350 e. The van der Waals surface area contributed by atoms with Crippen molar-refractivity contribution in [1.82, 2.24) is 0 Å². The molecule has 0 N–H and O–H groups in total. The molecule has 3 aliphatic carbocycles. The molecular formula is C14H17F3O2. The summed E-state index contributed by atoms with van der Waals surface area (Å²) in [5, 5.41) is 0. The van der Waals surface area contributed by atoms with Gasteiger partial charge < -0.3 is 4.74 Å². The predicted molar refractivity (Wildman–Crippen MR) is 62.4 cm³/mol. The van der Waals surface area contributed by atoms with E-state index in [4.69, 9.17) is 4.74 Å². The lowest BCUT2D eigenvalue weighted by Gasteiger charge is -2.54. The zero-order chi connectivity index (χ0) is 13.8. The summed E-state index contributed by atoms with van der Waals surface area (Å²) in [4.78, 5) is 11.8. The highest BCUT2D eigenvalue weighted by atomic mass is 19.3. The van der Waals surface area contributed by atoms with E-state index in [1.54, 1.807) is 12.2 Å². The zero-order valence-corrected chi connectivity index (χ0v) is 10.7. The molecule has 3 aliphatic rings.